The molecule has 3 heteroatoms. The molecule has 2 aromatic rings. The third kappa shape index (κ3) is 1.43. The highest BCUT2D eigenvalue weighted by Gasteiger charge is 2.26. The summed E-state index contributed by atoms with van der Waals surface area (Å²) in [5.74, 6) is 0.299. The molecule has 1 aromatic carbocycles. The van der Waals surface area contributed by atoms with Crippen molar-refractivity contribution in [2.45, 2.75) is 18.8 Å². The minimum absolute atomic E-state index is 0.239. The van der Waals surface area contributed by atoms with Gasteiger partial charge in [0.15, 0.2) is 0 Å². The second-order valence-electron chi connectivity index (χ2n) is 4.25. The van der Waals surface area contributed by atoms with Crippen LogP contribution in [0.4, 0.5) is 10.1 Å². The smallest absolute Gasteiger partial charge is 0.149 e. The Hall–Kier alpha value is -1.64. The maximum atomic E-state index is 13.7. The summed E-state index contributed by atoms with van der Waals surface area (Å²) in [5.41, 5.74) is 2.46. The number of nitrogens with zero attached hydrogens (tertiary/aromatic N) is 1. The lowest BCUT2D eigenvalue weighted by molar-refractivity contribution is 0.636. The molecule has 3 rings (SSSR count). The van der Waals surface area contributed by atoms with Crippen molar-refractivity contribution in [3.05, 3.63) is 35.8 Å². The number of benzene rings is 1. The predicted molar refractivity (Wildman–Crippen MR) is 63.2 cm³/mol. The first-order chi connectivity index (χ1) is 7.79. The highest BCUT2D eigenvalue weighted by Crippen LogP contribution is 2.41. The largest absolute Gasteiger partial charge is 0.388 e. The van der Waals surface area contributed by atoms with E-state index < -0.39 is 0 Å². The fourth-order valence-electron chi connectivity index (χ4n) is 2.03. The van der Waals surface area contributed by atoms with Gasteiger partial charge in [0, 0.05) is 29.7 Å². The van der Waals surface area contributed by atoms with E-state index in [1.54, 1.807) is 6.07 Å². The van der Waals surface area contributed by atoms with Crippen LogP contribution in [0.5, 0.6) is 0 Å². The van der Waals surface area contributed by atoms with Gasteiger partial charge >= 0.3 is 0 Å². The van der Waals surface area contributed by atoms with Crippen molar-refractivity contribution in [1.82, 2.24) is 4.98 Å². The molecule has 0 bridgehead atoms. The molecule has 0 amide bonds. The van der Waals surface area contributed by atoms with Gasteiger partial charge in [-0.15, -0.1) is 0 Å². The van der Waals surface area contributed by atoms with Gasteiger partial charge in [-0.3, -0.25) is 0 Å². The maximum Gasteiger partial charge on any atom is 0.149 e. The number of pyridine rings is 1. The molecule has 0 radical (unpaired) electrons. The minimum atomic E-state index is -0.239. The van der Waals surface area contributed by atoms with Gasteiger partial charge in [0.1, 0.15) is 11.3 Å². The summed E-state index contributed by atoms with van der Waals surface area (Å²) in [6.45, 7) is 0. The zero-order valence-electron chi connectivity index (χ0n) is 9.13. The first-order valence-electron chi connectivity index (χ1n) is 5.56. The number of hydrogen-bond donors (Lipinski definition) is 1. The van der Waals surface area contributed by atoms with Crippen molar-refractivity contribution in [2.24, 2.45) is 0 Å². The van der Waals surface area contributed by atoms with Crippen LogP contribution in [-0.4, -0.2) is 12.0 Å². The van der Waals surface area contributed by atoms with Gasteiger partial charge in [-0.1, -0.05) is 12.1 Å². The number of hydrogen-bond acceptors (Lipinski definition) is 2. The van der Waals surface area contributed by atoms with Crippen LogP contribution in [0, 0.1) is 5.82 Å². The van der Waals surface area contributed by atoms with E-state index in [2.05, 4.69) is 10.3 Å². The minimum Gasteiger partial charge on any atom is -0.388 e. The van der Waals surface area contributed by atoms with Crippen LogP contribution in [0.15, 0.2) is 24.3 Å². The van der Waals surface area contributed by atoms with E-state index in [-0.39, 0.29) is 5.82 Å². The number of nitrogens with one attached hydrogen (secondary N) is 1. The van der Waals surface area contributed by atoms with Crippen LogP contribution in [0.1, 0.15) is 24.5 Å². The van der Waals surface area contributed by atoms with Gasteiger partial charge in [0.2, 0.25) is 0 Å². The van der Waals surface area contributed by atoms with Crippen molar-refractivity contribution in [1.29, 1.82) is 0 Å². The molecule has 0 aliphatic heterocycles. The molecule has 1 heterocycles. The van der Waals surface area contributed by atoms with Gasteiger partial charge in [-0.05, 0) is 25.0 Å². The summed E-state index contributed by atoms with van der Waals surface area (Å²) in [7, 11) is 1.86. The molecular weight excluding hydrogens is 203 g/mol. The number of anilines is 1. The summed E-state index contributed by atoms with van der Waals surface area (Å²) in [6, 6.07) is 7.12. The van der Waals surface area contributed by atoms with E-state index in [4.69, 9.17) is 0 Å². The third-order valence-electron chi connectivity index (χ3n) is 3.08. The molecule has 1 aliphatic carbocycles. The molecular formula is C13H13FN2. The van der Waals surface area contributed by atoms with Gasteiger partial charge in [0.05, 0.1) is 0 Å². The second-order valence-corrected chi connectivity index (χ2v) is 4.25. The molecule has 1 saturated carbocycles. The lowest BCUT2D eigenvalue weighted by atomic mass is 10.1. The number of aromatic nitrogens is 1. The van der Waals surface area contributed by atoms with Crippen LogP contribution in [0.3, 0.4) is 0 Å². The summed E-state index contributed by atoms with van der Waals surface area (Å²) in [6.07, 6.45) is 2.35. The molecule has 0 unspecified atom stereocenters. The van der Waals surface area contributed by atoms with E-state index in [1.807, 2.05) is 19.2 Å². The van der Waals surface area contributed by atoms with Crippen LogP contribution < -0.4 is 5.32 Å². The first-order valence-corrected chi connectivity index (χ1v) is 5.56. The molecule has 0 atom stereocenters. The third-order valence-corrected chi connectivity index (χ3v) is 3.08. The predicted octanol–water partition coefficient (Wildman–Crippen LogP) is 3.29. The van der Waals surface area contributed by atoms with E-state index >= 15 is 0 Å². The zero-order chi connectivity index (χ0) is 11.1. The molecule has 1 N–H and O–H groups in total. The normalized spacial score (nSPS) is 15.4. The Kier molecular flexibility index (Phi) is 2.06. The maximum absolute atomic E-state index is 13.7. The van der Waals surface area contributed by atoms with Gasteiger partial charge in [-0.25, -0.2) is 9.37 Å². The van der Waals surface area contributed by atoms with Crippen LogP contribution in [-0.2, 0) is 0 Å². The summed E-state index contributed by atoms with van der Waals surface area (Å²) >= 11 is 0. The second kappa shape index (κ2) is 3.44. The number of rotatable bonds is 2. The fraction of sp³-hybridized carbons (Fsp3) is 0.308. The Balaban J connectivity index is 2.30. The summed E-state index contributed by atoms with van der Waals surface area (Å²) in [4.78, 5) is 4.43. The Bertz CT molecular complexity index is 547. The van der Waals surface area contributed by atoms with Crippen molar-refractivity contribution in [3.63, 3.8) is 0 Å². The van der Waals surface area contributed by atoms with Crippen molar-refractivity contribution in [3.8, 4) is 0 Å². The Morgan fingerprint density at radius 3 is 2.88 bits per heavy atom. The molecule has 1 aromatic heterocycles. The van der Waals surface area contributed by atoms with E-state index in [0.717, 1.165) is 16.8 Å². The fourth-order valence-corrected chi connectivity index (χ4v) is 2.03. The molecule has 2 nitrogen and oxygen atoms in total. The lowest BCUT2D eigenvalue weighted by Crippen LogP contribution is -1.97. The monoisotopic (exact) mass is 216 g/mol. The van der Waals surface area contributed by atoms with Crippen molar-refractivity contribution in [2.75, 3.05) is 12.4 Å². The summed E-state index contributed by atoms with van der Waals surface area (Å²) in [5, 5.41) is 3.97. The first kappa shape index (κ1) is 9.58. The van der Waals surface area contributed by atoms with E-state index in [0.29, 0.717) is 11.4 Å². The molecule has 82 valence electrons. The van der Waals surface area contributed by atoms with Crippen molar-refractivity contribution < 1.29 is 4.39 Å². The Labute approximate surface area is 93.5 Å². The van der Waals surface area contributed by atoms with Gasteiger partial charge in [-0.2, -0.15) is 0 Å². The molecule has 0 saturated heterocycles. The van der Waals surface area contributed by atoms with E-state index in [1.165, 1.54) is 18.9 Å². The highest BCUT2D eigenvalue weighted by molar-refractivity contribution is 5.91. The quantitative estimate of drug-likeness (QED) is 0.833. The topological polar surface area (TPSA) is 24.9 Å². The molecule has 1 fully saturated rings. The van der Waals surface area contributed by atoms with Crippen LogP contribution in [0.25, 0.3) is 10.9 Å². The standard InChI is InChI=1S/C13H13FN2/c1-15-12-7-11(8-5-6-8)16-13-9(12)3-2-4-10(13)14/h2-4,7-8H,5-6H2,1H3,(H,15,16). The number of para-hydroxylation sites is 1. The Morgan fingerprint density at radius 2 is 2.19 bits per heavy atom. The molecule has 1 aliphatic rings. The Morgan fingerprint density at radius 1 is 1.38 bits per heavy atom. The highest BCUT2D eigenvalue weighted by atomic mass is 19.1. The molecule has 16 heavy (non-hydrogen) atoms. The van der Waals surface area contributed by atoms with Crippen molar-refractivity contribution >= 4 is 16.6 Å². The SMILES string of the molecule is CNc1cc(C2CC2)nc2c(F)cccc12. The number of halogens is 1. The van der Waals surface area contributed by atoms with Gasteiger partial charge in [0.25, 0.3) is 0 Å². The van der Waals surface area contributed by atoms with Gasteiger partial charge < -0.3 is 5.32 Å². The molecule has 0 spiro atoms. The number of fused-ring (bicyclic) bond motifs is 1. The van der Waals surface area contributed by atoms with Crippen LogP contribution in [0.2, 0.25) is 0 Å². The average Bonchev–Trinajstić information content (AvgIpc) is 3.12. The summed E-state index contributed by atoms with van der Waals surface area (Å²) < 4.78 is 13.7. The van der Waals surface area contributed by atoms with E-state index in [9.17, 15) is 4.39 Å². The zero-order valence-corrected chi connectivity index (χ0v) is 9.13. The lowest BCUT2D eigenvalue weighted by Gasteiger charge is -2.09. The van der Waals surface area contributed by atoms with Crippen LogP contribution >= 0.6 is 0 Å². The average molecular weight is 216 g/mol.